The van der Waals surface area contributed by atoms with Crippen LogP contribution in [-0.2, 0) is 11.2 Å². The highest BCUT2D eigenvalue weighted by Crippen LogP contribution is 2.54. The minimum atomic E-state index is -3.24. The van der Waals surface area contributed by atoms with E-state index in [0.29, 0.717) is 0 Å². The molecule has 4 rings (SSSR count). The second-order valence-corrected chi connectivity index (χ2v) is 8.93. The highest BCUT2D eigenvalue weighted by molar-refractivity contribution is 5.37. The standard InChI is InChI=1S/C24H28F4O/c1-14-19-10-6-16(7-11-20(14)19)3-2-15-4-8-17(9-5-15)18-12-21(25)23(22(26)13-18)29-24(27)28/h4-5,8-9,12,14,16,18-20,24H,2-3,6-7,10-11,13H2,1H3. The SMILES string of the molecule is CC1C2CCC(CCc3ccc(C4C=C(F)C(OC(F)F)=C(F)C4)cc3)CCC12. The van der Waals surface area contributed by atoms with Crippen LogP contribution < -0.4 is 0 Å². The predicted molar refractivity (Wildman–Crippen MR) is 105 cm³/mol. The van der Waals surface area contributed by atoms with Crippen molar-refractivity contribution < 1.29 is 22.3 Å². The normalized spacial score (nSPS) is 31.9. The lowest BCUT2D eigenvalue weighted by molar-refractivity contribution is -0.0982. The van der Waals surface area contributed by atoms with Crippen molar-refractivity contribution in [3.63, 3.8) is 0 Å². The van der Waals surface area contributed by atoms with Crippen molar-refractivity contribution in [2.45, 2.75) is 64.4 Å². The van der Waals surface area contributed by atoms with Gasteiger partial charge in [-0.3, -0.25) is 0 Å². The summed E-state index contributed by atoms with van der Waals surface area (Å²) in [6, 6.07) is 7.81. The summed E-state index contributed by atoms with van der Waals surface area (Å²) in [4.78, 5) is 0. The maximum Gasteiger partial charge on any atom is 0.387 e. The Morgan fingerprint density at radius 2 is 1.66 bits per heavy atom. The van der Waals surface area contributed by atoms with E-state index in [1.54, 1.807) is 0 Å². The van der Waals surface area contributed by atoms with Crippen molar-refractivity contribution in [3.05, 3.63) is 58.9 Å². The van der Waals surface area contributed by atoms with Gasteiger partial charge in [0.25, 0.3) is 0 Å². The Morgan fingerprint density at radius 3 is 2.24 bits per heavy atom. The van der Waals surface area contributed by atoms with Gasteiger partial charge >= 0.3 is 6.61 Å². The van der Waals surface area contributed by atoms with E-state index in [0.717, 1.165) is 41.7 Å². The third kappa shape index (κ3) is 4.70. The molecule has 0 bridgehead atoms. The van der Waals surface area contributed by atoms with Crippen LogP contribution in [0.15, 0.2) is 47.8 Å². The first-order chi connectivity index (χ1) is 13.9. The van der Waals surface area contributed by atoms with Crippen molar-refractivity contribution in [3.8, 4) is 0 Å². The van der Waals surface area contributed by atoms with Gasteiger partial charge in [-0.2, -0.15) is 8.78 Å². The molecule has 1 aromatic carbocycles. The summed E-state index contributed by atoms with van der Waals surface area (Å²) in [5, 5.41) is 0. The van der Waals surface area contributed by atoms with Crippen LogP contribution in [0.25, 0.3) is 0 Å². The molecule has 0 aromatic heterocycles. The van der Waals surface area contributed by atoms with Crippen molar-refractivity contribution >= 4 is 0 Å². The van der Waals surface area contributed by atoms with Gasteiger partial charge in [0.05, 0.1) is 0 Å². The number of rotatable bonds is 6. The minimum absolute atomic E-state index is 0.169. The number of benzene rings is 1. The van der Waals surface area contributed by atoms with E-state index in [2.05, 4.69) is 11.7 Å². The monoisotopic (exact) mass is 408 g/mol. The maximum absolute atomic E-state index is 14.0. The molecule has 3 aliphatic rings. The number of fused-ring (bicyclic) bond motifs is 1. The quantitative estimate of drug-likeness (QED) is 0.444. The molecule has 3 aliphatic carbocycles. The van der Waals surface area contributed by atoms with Crippen LogP contribution in [0.4, 0.5) is 17.6 Å². The van der Waals surface area contributed by atoms with Crippen molar-refractivity contribution in [1.29, 1.82) is 0 Å². The molecular formula is C24H28F4O. The van der Waals surface area contributed by atoms with E-state index < -0.39 is 29.9 Å². The second kappa shape index (κ2) is 8.53. The van der Waals surface area contributed by atoms with Gasteiger partial charge in [-0.1, -0.05) is 44.0 Å². The van der Waals surface area contributed by atoms with E-state index in [-0.39, 0.29) is 6.42 Å². The lowest BCUT2D eigenvalue weighted by Crippen LogP contribution is -2.10. The summed E-state index contributed by atoms with van der Waals surface area (Å²) < 4.78 is 56.5. The summed E-state index contributed by atoms with van der Waals surface area (Å²) in [5.74, 6) is 0.183. The van der Waals surface area contributed by atoms with E-state index in [4.69, 9.17) is 0 Å². The van der Waals surface area contributed by atoms with E-state index in [1.807, 2.05) is 24.3 Å². The molecule has 158 valence electrons. The molecule has 0 saturated heterocycles. The average molecular weight is 408 g/mol. The number of hydrogen-bond acceptors (Lipinski definition) is 1. The number of alkyl halides is 2. The van der Waals surface area contributed by atoms with Gasteiger partial charge in [0, 0.05) is 12.3 Å². The Hall–Kier alpha value is -1.78. The lowest BCUT2D eigenvalue weighted by Gasteiger charge is -2.20. The van der Waals surface area contributed by atoms with Crippen LogP contribution in [0, 0.1) is 23.7 Å². The van der Waals surface area contributed by atoms with Gasteiger partial charge < -0.3 is 4.74 Å². The maximum atomic E-state index is 14.0. The average Bonchev–Trinajstić information content (AvgIpc) is 3.37. The van der Waals surface area contributed by atoms with E-state index in [1.165, 1.54) is 37.7 Å². The molecule has 0 aliphatic heterocycles. The molecule has 1 nitrogen and oxygen atoms in total. The van der Waals surface area contributed by atoms with E-state index >= 15 is 0 Å². The largest absolute Gasteiger partial charge is 0.429 e. The van der Waals surface area contributed by atoms with Crippen LogP contribution in [0.1, 0.15) is 62.5 Å². The molecule has 29 heavy (non-hydrogen) atoms. The molecule has 0 amide bonds. The van der Waals surface area contributed by atoms with Crippen LogP contribution in [0.3, 0.4) is 0 Å². The summed E-state index contributed by atoms with van der Waals surface area (Å²) in [6.07, 6.45) is 8.64. The Labute approximate surface area is 169 Å². The summed E-state index contributed by atoms with van der Waals surface area (Å²) >= 11 is 0. The molecule has 0 spiro atoms. The topological polar surface area (TPSA) is 9.23 Å². The van der Waals surface area contributed by atoms with Crippen molar-refractivity contribution in [1.82, 2.24) is 0 Å². The zero-order chi connectivity index (χ0) is 20.5. The predicted octanol–water partition coefficient (Wildman–Crippen LogP) is 7.45. The van der Waals surface area contributed by atoms with Crippen LogP contribution in [0.2, 0.25) is 0 Å². The molecule has 1 aromatic rings. The molecular weight excluding hydrogens is 380 g/mol. The fourth-order valence-corrected chi connectivity index (χ4v) is 5.33. The molecule has 0 radical (unpaired) electrons. The molecule has 3 unspecified atom stereocenters. The lowest BCUT2D eigenvalue weighted by atomic mass is 9.88. The summed E-state index contributed by atoms with van der Waals surface area (Å²) in [6.45, 7) is -0.854. The smallest absolute Gasteiger partial charge is 0.387 e. The van der Waals surface area contributed by atoms with Crippen molar-refractivity contribution in [2.75, 3.05) is 0 Å². The number of halogens is 4. The van der Waals surface area contributed by atoms with Gasteiger partial charge in [0.15, 0.2) is 11.6 Å². The Bertz CT molecular complexity index is 769. The Morgan fingerprint density at radius 1 is 1.00 bits per heavy atom. The van der Waals surface area contributed by atoms with Gasteiger partial charge in [0.2, 0.25) is 0 Å². The Balaban J connectivity index is 1.31. The molecule has 2 fully saturated rings. The highest BCUT2D eigenvalue weighted by Gasteiger charge is 2.46. The zero-order valence-electron chi connectivity index (χ0n) is 16.7. The van der Waals surface area contributed by atoms with Gasteiger partial charge in [-0.25, -0.2) is 8.78 Å². The first-order valence-corrected chi connectivity index (χ1v) is 10.7. The summed E-state index contributed by atoms with van der Waals surface area (Å²) in [7, 11) is 0. The van der Waals surface area contributed by atoms with Gasteiger partial charge in [-0.05, 0) is 66.6 Å². The molecule has 0 N–H and O–H groups in total. The van der Waals surface area contributed by atoms with E-state index in [9.17, 15) is 17.6 Å². The Kier molecular flexibility index (Phi) is 6.03. The third-order valence-corrected chi connectivity index (χ3v) is 7.24. The number of hydrogen-bond donors (Lipinski definition) is 0. The number of ether oxygens (including phenoxy) is 1. The van der Waals surface area contributed by atoms with Crippen LogP contribution in [-0.4, -0.2) is 6.61 Å². The molecule has 5 heteroatoms. The second-order valence-electron chi connectivity index (χ2n) is 8.93. The van der Waals surface area contributed by atoms with Gasteiger partial charge in [-0.15, -0.1) is 0 Å². The molecule has 3 atom stereocenters. The first-order valence-electron chi connectivity index (χ1n) is 10.7. The minimum Gasteiger partial charge on any atom is -0.429 e. The fraction of sp³-hybridized carbons (Fsp3) is 0.583. The van der Waals surface area contributed by atoms with Crippen LogP contribution in [0.5, 0.6) is 0 Å². The number of allylic oxidation sites excluding steroid dienone is 3. The highest BCUT2D eigenvalue weighted by atomic mass is 19.3. The number of aryl methyl sites for hydroxylation is 1. The van der Waals surface area contributed by atoms with Gasteiger partial charge in [0.1, 0.15) is 5.83 Å². The molecule has 0 heterocycles. The third-order valence-electron chi connectivity index (χ3n) is 7.24. The van der Waals surface area contributed by atoms with Crippen molar-refractivity contribution in [2.24, 2.45) is 23.7 Å². The summed E-state index contributed by atoms with van der Waals surface area (Å²) in [5.41, 5.74) is 2.01. The fourth-order valence-electron chi connectivity index (χ4n) is 5.33. The van der Waals surface area contributed by atoms with Crippen LogP contribution >= 0.6 is 0 Å². The zero-order valence-corrected chi connectivity index (χ0v) is 16.7. The molecule has 2 saturated carbocycles. The first kappa shape index (κ1) is 20.5.